The summed E-state index contributed by atoms with van der Waals surface area (Å²) < 4.78 is 0. The summed E-state index contributed by atoms with van der Waals surface area (Å²) in [4.78, 5) is 30.0. The van der Waals surface area contributed by atoms with Crippen LogP contribution in [0.4, 0.5) is 5.69 Å². The zero-order valence-corrected chi connectivity index (χ0v) is 12.9. The third-order valence-corrected chi connectivity index (χ3v) is 3.99. The maximum atomic E-state index is 12.3. The van der Waals surface area contributed by atoms with Gasteiger partial charge in [-0.05, 0) is 29.7 Å². The minimum Gasteiger partial charge on any atom is -0.338 e. The first kappa shape index (κ1) is 15.2. The number of nitrogens with zero attached hydrogens (tertiary/aromatic N) is 2. The highest BCUT2D eigenvalue weighted by Crippen LogP contribution is 2.19. The number of benzene rings is 1. The first-order valence-corrected chi connectivity index (χ1v) is 7.77. The molecular formula is C18H19N3O2. The molecule has 1 aliphatic rings. The number of hydrogen-bond donors (Lipinski definition) is 1. The molecule has 1 N–H and O–H groups in total. The fourth-order valence-electron chi connectivity index (χ4n) is 2.75. The second-order valence-electron chi connectivity index (χ2n) is 5.62. The van der Waals surface area contributed by atoms with E-state index in [4.69, 9.17) is 0 Å². The smallest absolute Gasteiger partial charge is 0.224 e. The first-order valence-electron chi connectivity index (χ1n) is 7.77. The summed E-state index contributed by atoms with van der Waals surface area (Å²) in [5.41, 5.74) is 3.16. The van der Waals surface area contributed by atoms with Gasteiger partial charge in [0, 0.05) is 32.1 Å². The van der Waals surface area contributed by atoms with Crippen LogP contribution in [0.2, 0.25) is 0 Å². The van der Waals surface area contributed by atoms with Crippen molar-refractivity contribution in [2.24, 2.45) is 0 Å². The van der Waals surface area contributed by atoms with Crippen LogP contribution in [0.25, 0.3) is 0 Å². The first-order chi connectivity index (χ1) is 11.2. The lowest BCUT2D eigenvalue weighted by Crippen LogP contribution is -2.36. The van der Waals surface area contributed by atoms with Crippen LogP contribution in [0.15, 0.2) is 48.8 Å². The molecule has 0 atom stereocenters. The molecule has 5 nitrogen and oxygen atoms in total. The molecule has 0 fully saturated rings. The van der Waals surface area contributed by atoms with Gasteiger partial charge >= 0.3 is 0 Å². The average molecular weight is 309 g/mol. The second kappa shape index (κ2) is 7.05. The molecule has 0 spiro atoms. The molecule has 0 aliphatic carbocycles. The van der Waals surface area contributed by atoms with E-state index in [0.29, 0.717) is 12.2 Å². The number of amides is 2. The van der Waals surface area contributed by atoms with Crippen LogP contribution in [0.5, 0.6) is 0 Å². The molecule has 0 saturated heterocycles. The second-order valence-corrected chi connectivity index (χ2v) is 5.62. The van der Waals surface area contributed by atoms with E-state index in [-0.39, 0.29) is 24.7 Å². The van der Waals surface area contributed by atoms with Crippen LogP contribution in [0.1, 0.15) is 24.0 Å². The molecule has 1 aromatic heterocycles. The van der Waals surface area contributed by atoms with Gasteiger partial charge in [-0.25, -0.2) is 0 Å². The van der Waals surface area contributed by atoms with Gasteiger partial charge in [0.15, 0.2) is 0 Å². The van der Waals surface area contributed by atoms with E-state index in [9.17, 15) is 9.59 Å². The quantitative estimate of drug-likeness (QED) is 0.943. The highest BCUT2D eigenvalue weighted by atomic mass is 16.2. The van der Waals surface area contributed by atoms with Gasteiger partial charge in [0.1, 0.15) is 0 Å². The minimum absolute atomic E-state index is 0.0286. The number of rotatable bonds is 4. The molecule has 2 heterocycles. The summed E-state index contributed by atoms with van der Waals surface area (Å²) in [5.74, 6) is -0.135. The van der Waals surface area contributed by atoms with Gasteiger partial charge in [0.25, 0.3) is 0 Å². The van der Waals surface area contributed by atoms with Crippen LogP contribution in [-0.4, -0.2) is 28.2 Å². The van der Waals surface area contributed by atoms with Crippen LogP contribution < -0.4 is 5.32 Å². The highest BCUT2D eigenvalue weighted by molar-refractivity contribution is 5.93. The van der Waals surface area contributed by atoms with Gasteiger partial charge in [-0.1, -0.05) is 24.3 Å². The lowest BCUT2D eigenvalue weighted by molar-refractivity contribution is -0.133. The standard InChI is InChI=1S/C18H19N3O2/c22-17(20-16-6-3-10-19-12-16)7-8-18(23)21-11-9-14-4-1-2-5-15(14)13-21/h1-6,10,12H,7-9,11,13H2,(H,20,22). The predicted molar refractivity (Wildman–Crippen MR) is 87.7 cm³/mol. The number of carbonyl (C=O) groups excluding carboxylic acids is 2. The molecule has 23 heavy (non-hydrogen) atoms. The number of aromatic nitrogens is 1. The van der Waals surface area contributed by atoms with Crippen molar-refractivity contribution in [2.75, 3.05) is 11.9 Å². The Balaban J connectivity index is 1.49. The van der Waals surface area contributed by atoms with E-state index < -0.39 is 0 Å². The minimum atomic E-state index is -0.163. The Hall–Kier alpha value is -2.69. The highest BCUT2D eigenvalue weighted by Gasteiger charge is 2.20. The summed E-state index contributed by atoms with van der Waals surface area (Å²) in [5, 5.41) is 2.74. The molecule has 5 heteroatoms. The Morgan fingerprint density at radius 3 is 2.70 bits per heavy atom. The fraction of sp³-hybridized carbons (Fsp3) is 0.278. The number of nitrogens with one attached hydrogen (secondary N) is 1. The Labute approximate surface area is 135 Å². The molecule has 1 aromatic carbocycles. The van der Waals surface area contributed by atoms with E-state index in [0.717, 1.165) is 13.0 Å². The van der Waals surface area contributed by atoms with Gasteiger partial charge in [-0.3, -0.25) is 14.6 Å². The fourth-order valence-corrected chi connectivity index (χ4v) is 2.75. The maximum absolute atomic E-state index is 12.3. The van der Waals surface area contributed by atoms with Crippen molar-refractivity contribution in [3.63, 3.8) is 0 Å². The summed E-state index contributed by atoms with van der Waals surface area (Å²) in [7, 11) is 0. The van der Waals surface area contributed by atoms with E-state index >= 15 is 0 Å². The number of carbonyl (C=O) groups is 2. The van der Waals surface area contributed by atoms with Crippen molar-refractivity contribution in [1.82, 2.24) is 9.88 Å². The Morgan fingerprint density at radius 1 is 1.09 bits per heavy atom. The van der Waals surface area contributed by atoms with Gasteiger partial charge < -0.3 is 10.2 Å². The normalized spacial score (nSPS) is 13.3. The number of hydrogen-bond acceptors (Lipinski definition) is 3. The number of anilines is 1. The summed E-state index contributed by atoms with van der Waals surface area (Å²) in [6.07, 6.45) is 4.53. The van der Waals surface area contributed by atoms with Gasteiger partial charge in [-0.2, -0.15) is 0 Å². The van der Waals surface area contributed by atoms with Gasteiger partial charge in [0.05, 0.1) is 11.9 Å². The predicted octanol–water partition coefficient (Wildman–Crippen LogP) is 2.39. The van der Waals surface area contributed by atoms with E-state index in [1.165, 1.54) is 11.1 Å². The van der Waals surface area contributed by atoms with E-state index in [1.54, 1.807) is 24.5 Å². The third kappa shape index (κ3) is 3.94. The Kier molecular flexibility index (Phi) is 4.66. The molecule has 3 rings (SSSR count). The maximum Gasteiger partial charge on any atom is 0.224 e. The number of pyridine rings is 1. The summed E-state index contributed by atoms with van der Waals surface area (Å²) >= 11 is 0. The molecule has 0 radical (unpaired) electrons. The monoisotopic (exact) mass is 309 g/mol. The zero-order chi connectivity index (χ0) is 16.1. The molecular weight excluding hydrogens is 290 g/mol. The number of fused-ring (bicyclic) bond motifs is 1. The van der Waals surface area contributed by atoms with Gasteiger partial charge in [-0.15, -0.1) is 0 Å². The SMILES string of the molecule is O=C(CCC(=O)N1CCc2ccccc2C1)Nc1cccnc1. The molecule has 118 valence electrons. The Bertz CT molecular complexity index is 700. The third-order valence-electron chi connectivity index (χ3n) is 3.99. The molecule has 0 saturated carbocycles. The zero-order valence-electron chi connectivity index (χ0n) is 12.9. The van der Waals surface area contributed by atoms with Crippen molar-refractivity contribution >= 4 is 17.5 Å². The molecule has 0 bridgehead atoms. The topological polar surface area (TPSA) is 62.3 Å². The van der Waals surface area contributed by atoms with Crippen molar-refractivity contribution < 1.29 is 9.59 Å². The summed E-state index contributed by atoms with van der Waals surface area (Å²) in [6, 6.07) is 11.7. The molecule has 0 unspecified atom stereocenters. The average Bonchev–Trinajstić information content (AvgIpc) is 2.60. The Morgan fingerprint density at radius 2 is 1.91 bits per heavy atom. The van der Waals surface area contributed by atoms with E-state index in [1.807, 2.05) is 17.0 Å². The molecule has 2 amide bonds. The van der Waals surface area contributed by atoms with Crippen LogP contribution >= 0.6 is 0 Å². The van der Waals surface area contributed by atoms with Crippen molar-refractivity contribution in [3.8, 4) is 0 Å². The van der Waals surface area contributed by atoms with Crippen LogP contribution in [0.3, 0.4) is 0 Å². The van der Waals surface area contributed by atoms with Crippen molar-refractivity contribution in [1.29, 1.82) is 0 Å². The molecule has 1 aliphatic heterocycles. The van der Waals surface area contributed by atoms with Crippen LogP contribution in [-0.2, 0) is 22.6 Å². The van der Waals surface area contributed by atoms with Crippen molar-refractivity contribution in [2.45, 2.75) is 25.8 Å². The lowest BCUT2D eigenvalue weighted by atomic mass is 9.99. The van der Waals surface area contributed by atoms with Crippen LogP contribution in [0, 0.1) is 0 Å². The lowest BCUT2D eigenvalue weighted by Gasteiger charge is -2.28. The van der Waals surface area contributed by atoms with Gasteiger partial charge in [0.2, 0.25) is 11.8 Å². The summed E-state index contributed by atoms with van der Waals surface area (Å²) in [6.45, 7) is 1.36. The largest absolute Gasteiger partial charge is 0.338 e. The molecule has 2 aromatic rings. The van der Waals surface area contributed by atoms with E-state index in [2.05, 4.69) is 22.4 Å². The van der Waals surface area contributed by atoms with Crippen molar-refractivity contribution in [3.05, 3.63) is 59.9 Å².